The van der Waals surface area contributed by atoms with E-state index < -0.39 is 0 Å². The fourth-order valence-electron chi connectivity index (χ4n) is 4.56. The van der Waals surface area contributed by atoms with Gasteiger partial charge in [-0.05, 0) is 43.9 Å². The van der Waals surface area contributed by atoms with Gasteiger partial charge in [0.1, 0.15) is 0 Å². The molecule has 1 aliphatic heterocycles. The zero-order chi connectivity index (χ0) is 11.8. The maximum atomic E-state index is 3.73. The van der Waals surface area contributed by atoms with Crippen LogP contribution in [-0.2, 0) is 0 Å². The fraction of sp³-hybridized carbons (Fsp3) is 1.00. The molecule has 1 N–H and O–H groups in total. The Labute approximate surface area is 106 Å². The summed E-state index contributed by atoms with van der Waals surface area (Å²) >= 11 is 0. The van der Waals surface area contributed by atoms with E-state index in [-0.39, 0.29) is 0 Å². The SMILES string of the molecule is CCC1CN(C2CC3CCC2C3)C(CC)CN1. The molecule has 0 spiro atoms. The summed E-state index contributed by atoms with van der Waals surface area (Å²) in [6.07, 6.45) is 8.71. The van der Waals surface area contributed by atoms with Crippen molar-refractivity contribution in [2.24, 2.45) is 11.8 Å². The molecule has 2 heteroatoms. The molecule has 0 aromatic carbocycles. The first-order valence-electron chi connectivity index (χ1n) is 7.80. The molecule has 0 aromatic heterocycles. The number of rotatable bonds is 3. The maximum absolute atomic E-state index is 3.73. The van der Waals surface area contributed by atoms with Crippen LogP contribution in [0.3, 0.4) is 0 Å². The Hall–Kier alpha value is -0.0800. The summed E-state index contributed by atoms with van der Waals surface area (Å²) in [4.78, 5) is 2.90. The Morgan fingerprint density at radius 3 is 2.59 bits per heavy atom. The van der Waals surface area contributed by atoms with E-state index in [4.69, 9.17) is 0 Å². The molecule has 0 aromatic rings. The Morgan fingerprint density at radius 1 is 1.12 bits per heavy atom. The van der Waals surface area contributed by atoms with Crippen LogP contribution < -0.4 is 5.32 Å². The van der Waals surface area contributed by atoms with Gasteiger partial charge in [0.25, 0.3) is 0 Å². The third kappa shape index (κ3) is 2.15. The average molecular weight is 236 g/mol. The van der Waals surface area contributed by atoms with Crippen LogP contribution in [0.4, 0.5) is 0 Å². The topological polar surface area (TPSA) is 15.3 Å². The lowest BCUT2D eigenvalue weighted by Gasteiger charge is -2.46. The molecule has 2 nitrogen and oxygen atoms in total. The molecular weight excluding hydrogens is 208 g/mol. The third-order valence-electron chi connectivity index (χ3n) is 5.63. The smallest absolute Gasteiger partial charge is 0.0221 e. The van der Waals surface area contributed by atoms with E-state index in [9.17, 15) is 0 Å². The second-order valence-corrected chi connectivity index (χ2v) is 6.51. The second-order valence-electron chi connectivity index (χ2n) is 6.51. The number of nitrogens with zero attached hydrogens (tertiary/aromatic N) is 1. The van der Waals surface area contributed by atoms with Crippen LogP contribution >= 0.6 is 0 Å². The molecule has 3 aliphatic rings. The minimum Gasteiger partial charge on any atom is -0.311 e. The van der Waals surface area contributed by atoms with Crippen molar-refractivity contribution in [2.75, 3.05) is 13.1 Å². The summed E-state index contributed by atoms with van der Waals surface area (Å²) in [7, 11) is 0. The molecule has 3 rings (SSSR count). The van der Waals surface area contributed by atoms with Crippen LogP contribution in [0, 0.1) is 11.8 Å². The lowest BCUT2D eigenvalue weighted by atomic mass is 9.91. The predicted octanol–water partition coefficient (Wildman–Crippen LogP) is 2.64. The molecule has 0 amide bonds. The summed E-state index contributed by atoms with van der Waals surface area (Å²) < 4.78 is 0. The third-order valence-corrected chi connectivity index (χ3v) is 5.63. The van der Waals surface area contributed by atoms with E-state index in [2.05, 4.69) is 24.1 Å². The van der Waals surface area contributed by atoms with E-state index in [1.807, 2.05) is 0 Å². The summed E-state index contributed by atoms with van der Waals surface area (Å²) in [5.74, 6) is 2.13. The Bertz CT molecular complexity index is 266. The number of hydrogen-bond acceptors (Lipinski definition) is 2. The lowest BCUT2D eigenvalue weighted by Crippen LogP contribution is -2.60. The summed E-state index contributed by atoms with van der Waals surface area (Å²) in [6.45, 7) is 7.22. The first-order valence-corrected chi connectivity index (χ1v) is 7.80. The Balaban J connectivity index is 1.69. The van der Waals surface area contributed by atoms with Crippen LogP contribution in [0.5, 0.6) is 0 Å². The van der Waals surface area contributed by atoms with Gasteiger partial charge in [0.05, 0.1) is 0 Å². The largest absolute Gasteiger partial charge is 0.311 e. The van der Waals surface area contributed by atoms with Crippen molar-refractivity contribution in [1.29, 1.82) is 0 Å². The number of nitrogens with one attached hydrogen (secondary N) is 1. The molecule has 1 heterocycles. The van der Waals surface area contributed by atoms with Gasteiger partial charge < -0.3 is 5.32 Å². The van der Waals surface area contributed by atoms with Gasteiger partial charge in [-0.3, -0.25) is 4.90 Å². The van der Waals surface area contributed by atoms with Gasteiger partial charge in [-0.1, -0.05) is 20.3 Å². The van der Waals surface area contributed by atoms with Gasteiger partial charge in [0.2, 0.25) is 0 Å². The monoisotopic (exact) mass is 236 g/mol. The van der Waals surface area contributed by atoms with Crippen molar-refractivity contribution in [3.05, 3.63) is 0 Å². The molecule has 98 valence electrons. The average Bonchev–Trinajstić information content (AvgIpc) is 3.00. The van der Waals surface area contributed by atoms with Crippen LogP contribution in [-0.4, -0.2) is 36.1 Å². The molecule has 1 saturated heterocycles. The van der Waals surface area contributed by atoms with Crippen molar-refractivity contribution in [2.45, 2.75) is 70.5 Å². The Kier molecular flexibility index (Phi) is 3.45. The lowest BCUT2D eigenvalue weighted by molar-refractivity contribution is 0.0502. The molecule has 2 saturated carbocycles. The zero-order valence-corrected chi connectivity index (χ0v) is 11.5. The van der Waals surface area contributed by atoms with Gasteiger partial charge in [0, 0.05) is 31.2 Å². The molecule has 17 heavy (non-hydrogen) atoms. The van der Waals surface area contributed by atoms with E-state index in [0.717, 1.165) is 30.0 Å². The summed E-state index contributed by atoms with van der Waals surface area (Å²) in [6, 6.07) is 2.49. The van der Waals surface area contributed by atoms with E-state index in [1.165, 1.54) is 45.2 Å². The normalized spacial score (nSPS) is 46.6. The molecule has 0 radical (unpaired) electrons. The van der Waals surface area contributed by atoms with Crippen LogP contribution in [0.2, 0.25) is 0 Å². The molecule has 5 atom stereocenters. The van der Waals surface area contributed by atoms with Crippen molar-refractivity contribution >= 4 is 0 Å². The number of piperazine rings is 1. The van der Waals surface area contributed by atoms with Gasteiger partial charge in [-0.2, -0.15) is 0 Å². The summed E-state index contributed by atoms with van der Waals surface area (Å²) in [5.41, 5.74) is 0. The number of hydrogen-bond donors (Lipinski definition) is 1. The van der Waals surface area contributed by atoms with E-state index in [1.54, 1.807) is 6.42 Å². The molecule has 5 unspecified atom stereocenters. The highest BCUT2D eigenvalue weighted by Crippen LogP contribution is 2.47. The predicted molar refractivity (Wildman–Crippen MR) is 72.1 cm³/mol. The van der Waals surface area contributed by atoms with Gasteiger partial charge in [-0.15, -0.1) is 0 Å². The van der Waals surface area contributed by atoms with Gasteiger partial charge in [0.15, 0.2) is 0 Å². The minimum absolute atomic E-state index is 0.747. The maximum Gasteiger partial charge on any atom is 0.0221 e. The standard InChI is InChI=1S/C15H28N2/c1-3-13-10-17(14(4-2)9-16-13)15-8-11-5-6-12(15)7-11/h11-16H,3-10H2,1-2H3. The highest BCUT2D eigenvalue weighted by Gasteiger charge is 2.44. The summed E-state index contributed by atoms with van der Waals surface area (Å²) in [5, 5.41) is 3.73. The van der Waals surface area contributed by atoms with Gasteiger partial charge >= 0.3 is 0 Å². The Morgan fingerprint density at radius 2 is 2.00 bits per heavy atom. The molecule has 2 aliphatic carbocycles. The van der Waals surface area contributed by atoms with Crippen molar-refractivity contribution < 1.29 is 0 Å². The fourth-order valence-corrected chi connectivity index (χ4v) is 4.56. The van der Waals surface area contributed by atoms with Gasteiger partial charge in [-0.25, -0.2) is 0 Å². The van der Waals surface area contributed by atoms with Crippen LogP contribution in [0.1, 0.15) is 52.4 Å². The first kappa shape index (κ1) is 12.0. The molecule has 2 bridgehead atoms. The van der Waals surface area contributed by atoms with E-state index in [0.29, 0.717) is 0 Å². The van der Waals surface area contributed by atoms with Crippen molar-refractivity contribution in [1.82, 2.24) is 10.2 Å². The zero-order valence-electron chi connectivity index (χ0n) is 11.5. The molecular formula is C15H28N2. The quantitative estimate of drug-likeness (QED) is 0.810. The van der Waals surface area contributed by atoms with E-state index >= 15 is 0 Å². The second kappa shape index (κ2) is 4.89. The molecule has 3 fully saturated rings. The first-order chi connectivity index (χ1) is 8.31. The minimum atomic E-state index is 0.747. The van der Waals surface area contributed by atoms with Crippen LogP contribution in [0.25, 0.3) is 0 Å². The van der Waals surface area contributed by atoms with Crippen molar-refractivity contribution in [3.63, 3.8) is 0 Å². The number of fused-ring (bicyclic) bond motifs is 2. The van der Waals surface area contributed by atoms with Crippen LogP contribution in [0.15, 0.2) is 0 Å². The highest BCUT2D eigenvalue weighted by molar-refractivity contribution is 4.99. The highest BCUT2D eigenvalue weighted by atomic mass is 15.3. The van der Waals surface area contributed by atoms with Crippen molar-refractivity contribution in [3.8, 4) is 0 Å².